The average Bonchev–Trinajstić information content (AvgIpc) is 2.00. The minimum atomic E-state index is -0.950. The SMILES string of the molecule is Cl.N[C@@H](CC(=O)O)c1cc(Cl)cc(Cl)c1. The summed E-state index contributed by atoms with van der Waals surface area (Å²) in [5.74, 6) is -0.950. The fourth-order valence-electron chi connectivity index (χ4n) is 1.10. The van der Waals surface area contributed by atoms with Crippen LogP contribution in [0.5, 0.6) is 0 Å². The van der Waals surface area contributed by atoms with E-state index in [2.05, 4.69) is 0 Å². The van der Waals surface area contributed by atoms with Crippen LogP contribution in [0, 0.1) is 0 Å². The van der Waals surface area contributed by atoms with E-state index in [-0.39, 0.29) is 18.8 Å². The van der Waals surface area contributed by atoms with E-state index in [4.69, 9.17) is 34.0 Å². The molecule has 0 unspecified atom stereocenters. The monoisotopic (exact) mass is 269 g/mol. The molecule has 0 bridgehead atoms. The lowest BCUT2D eigenvalue weighted by Crippen LogP contribution is -2.14. The van der Waals surface area contributed by atoms with Gasteiger partial charge in [0.25, 0.3) is 0 Å². The summed E-state index contributed by atoms with van der Waals surface area (Å²) in [7, 11) is 0. The van der Waals surface area contributed by atoms with Crippen molar-refractivity contribution in [1.29, 1.82) is 0 Å². The molecule has 6 heteroatoms. The largest absolute Gasteiger partial charge is 0.481 e. The molecule has 0 fully saturated rings. The second-order valence-electron chi connectivity index (χ2n) is 2.91. The number of hydrogen-bond donors (Lipinski definition) is 2. The number of benzene rings is 1. The van der Waals surface area contributed by atoms with E-state index in [1.807, 2.05) is 0 Å². The highest BCUT2D eigenvalue weighted by Gasteiger charge is 2.11. The lowest BCUT2D eigenvalue weighted by Gasteiger charge is -2.09. The van der Waals surface area contributed by atoms with Gasteiger partial charge >= 0.3 is 5.97 Å². The zero-order valence-corrected chi connectivity index (χ0v) is 9.94. The molecule has 0 aliphatic carbocycles. The first-order chi connectivity index (χ1) is 6.49. The number of rotatable bonds is 3. The summed E-state index contributed by atoms with van der Waals surface area (Å²) in [5.41, 5.74) is 6.27. The molecule has 0 spiro atoms. The van der Waals surface area contributed by atoms with Crippen molar-refractivity contribution in [3.8, 4) is 0 Å². The molecule has 0 saturated heterocycles. The van der Waals surface area contributed by atoms with E-state index >= 15 is 0 Å². The Morgan fingerprint density at radius 2 is 1.80 bits per heavy atom. The third kappa shape index (κ3) is 4.71. The normalized spacial score (nSPS) is 11.7. The van der Waals surface area contributed by atoms with Crippen molar-refractivity contribution in [2.75, 3.05) is 0 Å². The van der Waals surface area contributed by atoms with E-state index in [1.54, 1.807) is 18.2 Å². The highest BCUT2D eigenvalue weighted by atomic mass is 35.5. The number of hydrogen-bond acceptors (Lipinski definition) is 2. The molecule has 3 nitrogen and oxygen atoms in total. The molecular weight excluding hydrogens is 260 g/mol. The first-order valence-corrected chi connectivity index (χ1v) is 4.68. The predicted octanol–water partition coefficient (Wildman–Crippen LogP) is 2.89. The van der Waals surface area contributed by atoms with Gasteiger partial charge in [-0.3, -0.25) is 4.79 Å². The summed E-state index contributed by atoms with van der Waals surface area (Å²) in [5, 5.41) is 9.44. The Morgan fingerprint density at radius 3 is 2.20 bits per heavy atom. The Morgan fingerprint density at radius 1 is 1.33 bits per heavy atom. The molecule has 0 aromatic heterocycles. The van der Waals surface area contributed by atoms with Crippen LogP contribution in [0.2, 0.25) is 10.0 Å². The molecule has 0 amide bonds. The maximum atomic E-state index is 10.4. The van der Waals surface area contributed by atoms with Crippen LogP contribution < -0.4 is 5.73 Å². The summed E-state index contributed by atoms with van der Waals surface area (Å²) >= 11 is 11.5. The van der Waals surface area contributed by atoms with Crippen LogP contribution in [0.4, 0.5) is 0 Å². The first-order valence-electron chi connectivity index (χ1n) is 3.92. The molecule has 0 aliphatic heterocycles. The third-order valence-electron chi connectivity index (χ3n) is 1.71. The van der Waals surface area contributed by atoms with E-state index in [9.17, 15) is 4.79 Å². The van der Waals surface area contributed by atoms with Crippen LogP contribution in [0.1, 0.15) is 18.0 Å². The second-order valence-corrected chi connectivity index (χ2v) is 3.78. The molecule has 15 heavy (non-hydrogen) atoms. The highest BCUT2D eigenvalue weighted by molar-refractivity contribution is 6.34. The van der Waals surface area contributed by atoms with E-state index in [1.165, 1.54) is 0 Å². The van der Waals surface area contributed by atoms with Gasteiger partial charge in [-0.25, -0.2) is 0 Å². The van der Waals surface area contributed by atoms with Crippen LogP contribution in [0.3, 0.4) is 0 Å². The topological polar surface area (TPSA) is 63.3 Å². The van der Waals surface area contributed by atoms with Crippen molar-refractivity contribution in [2.45, 2.75) is 12.5 Å². The second kappa shape index (κ2) is 6.18. The minimum absolute atomic E-state index is 0. The van der Waals surface area contributed by atoms with Crippen molar-refractivity contribution in [3.05, 3.63) is 33.8 Å². The Kier molecular flexibility index (Phi) is 5.98. The van der Waals surface area contributed by atoms with E-state index in [0.717, 1.165) is 0 Å². The van der Waals surface area contributed by atoms with Crippen LogP contribution in [0.25, 0.3) is 0 Å². The third-order valence-corrected chi connectivity index (χ3v) is 2.14. The average molecular weight is 271 g/mol. The van der Waals surface area contributed by atoms with Crippen LogP contribution in [-0.2, 0) is 4.79 Å². The Labute approximate surface area is 104 Å². The lowest BCUT2D eigenvalue weighted by atomic mass is 10.1. The zero-order valence-electron chi connectivity index (χ0n) is 7.61. The molecule has 1 aromatic rings. The Hall–Kier alpha value is -0.480. The van der Waals surface area contributed by atoms with E-state index in [0.29, 0.717) is 15.6 Å². The van der Waals surface area contributed by atoms with Gasteiger partial charge in [-0.15, -0.1) is 12.4 Å². The van der Waals surface area contributed by atoms with Gasteiger partial charge in [0.05, 0.1) is 6.42 Å². The van der Waals surface area contributed by atoms with Crippen molar-refractivity contribution in [3.63, 3.8) is 0 Å². The van der Waals surface area contributed by atoms with Gasteiger partial charge in [-0.05, 0) is 23.8 Å². The molecule has 0 heterocycles. The maximum absolute atomic E-state index is 10.4. The number of nitrogens with two attached hydrogens (primary N) is 1. The maximum Gasteiger partial charge on any atom is 0.305 e. The smallest absolute Gasteiger partial charge is 0.305 e. The van der Waals surface area contributed by atoms with Gasteiger partial charge in [-0.1, -0.05) is 23.2 Å². The molecule has 0 saturated carbocycles. The summed E-state index contributed by atoms with van der Waals surface area (Å²) in [6.07, 6.45) is -0.142. The van der Waals surface area contributed by atoms with Gasteiger partial charge < -0.3 is 10.8 Å². The first kappa shape index (κ1) is 14.5. The van der Waals surface area contributed by atoms with Crippen LogP contribution in [-0.4, -0.2) is 11.1 Å². The zero-order chi connectivity index (χ0) is 10.7. The van der Waals surface area contributed by atoms with Gasteiger partial charge in [-0.2, -0.15) is 0 Å². The van der Waals surface area contributed by atoms with Crippen molar-refractivity contribution in [2.24, 2.45) is 5.73 Å². The predicted molar refractivity (Wildman–Crippen MR) is 62.9 cm³/mol. The standard InChI is InChI=1S/C9H9Cl2NO2.ClH/c10-6-1-5(2-7(11)3-6)8(12)4-9(13)14;/h1-3,8H,4,12H2,(H,13,14);1H/t8-;/m0./s1. The number of carboxylic acids is 1. The minimum Gasteiger partial charge on any atom is -0.481 e. The Bertz CT molecular complexity index is 337. The number of carboxylic acid groups (broad SMARTS) is 1. The molecule has 1 atom stereocenters. The van der Waals surface area contributed by atoms with Crippen LogP contribution >= 0.6 is 35.6 Å². The number of halogens is 3. The summed E-state index contributed by atoms with van der Waals surface area (Å²) in [4.78, 5) is 10.4. The quantitative estimate of drug-likeness (QED) is 0.887. The number of aliphatic carboxylic acids is 1. The highest BCUT2D eigenvalue weighted by Crippen LogP contribution is 2.23. The molecule has 3 N–H and O–H groups in total. The van der Waals surface area contributed by atoms with Crippen molar-refractivity contribution in [1.82, 2.24) is 0 Å². The lowest BCUT2D eigenvalue weighted by molar-refractivity contribution is -0.137. The summed E-state index contributed by atoms with van der Waals surface area (Å²) < 4.78 is 0. The van der Waals surface area contributed by atoms with Gasteiger partial charge in [0.1, 0.15) is 0 Å². The number of carbonyl (C=O) groups is 1. The molecule has 0 radical (unpaired) electrons. The fraction of sp³-hybridized carbons (Fsp3) is 0.222. The van der Waals surface area contributed by atoms with Crippen LogP contribution in [0.15, 0.2) is 18.2 Å². The molecule has 1 rings (SSSR count). The summed E-state index contributed by atoms with van der Waals surface area (Å²) in [6, 6.07) is 4.21. The van der Waals surface area contributed by atoms with Crippen molar-refractivity contribution >= 4 is 41.6 Å². The van der Waals surface area contributed by atoms with Gasteiger partial charge in [0.2, 0.25) is 0 Å². The summed E-state index contributed by atoms with van der Waals surface area (Å²) in [6.45, 7) is 0. The fourth-order valence-corrected chi connectivity index (χ4v) is 1.64. The molecular formula is C9H10Cl3NO2. The van der Waals surface area contributed by atoms with E-state index < -0.39 is 12.0 Å². The van der Waals surface area contributed by atoms with Gasteiger partial charge in [0.15, 0.2) is 0 Å². The molecule has 0 aliphatic rings. The van der Waals surface area contributed by atoms with Gasteiger partial charge in [0, 0.05) is 16.1 Å². The molecule has 1 aromatic carbocycles. The Balaban J connectivity index is 0.00000196. The molecule has 84 valence electrons. The van der Waals surface area contributed by atoms with Crippen molar-refractivity contribution < 1.29 is 9.90 Å².